The number of nitrogens with one attached hydrogen (secondary N) is 1. The van der Waals surface area contributed by atoms with Gasteiger partial charge in [0, 0.05) is 42.2 Å². The number of benzene rings is 1. The van der Waals surface area contributed by atoms with E-state index in [1.54, 1.807) is 0 Å². The molecule has 1 fully saturated rings. The number of likely N-dealkylation sites (tertiary alicyclic amines) is 1. The highest BCUT2D eigenvalue weighted by atomic mass is 16.5. The van der Waals surface area contributed by atoms with E-state index in [4.69, 9.17) is 4.52 Å². The molecule has 1 saturated heterocycles. The second kappa shape index (κ2) is 7.74. The summed E-state index contributed by atoms with van der Waals surface area (Å²) in [7, 11) is 0. The van der Waals surface area contributed by atoms with Crippen LogP contribution in [0.5, 0.6) is 0 Å². The van der Waals surface area contributed by atoms with Gasteiger partial charge in [0.25, 0.3) is 11.8 Å². The second-order valence-corrected chi connectivity index (χ2v) is 7.62. The lowest BCUT2D eigenvalue weighted by atomic mass is 10.0. The van der Waals surface area contributed by atoms with Crippen LogP contribution in [0.3, 0.4) is 0 Å². The molecule has 0 atom stereocenters. The molecule has 9 nitrogen and oxygen atoms in total. The highest BCUT2D eigenvalue weighted by molar-refractivity contribution is 6.06. The van der Waals surface area contributed by atoms with Gasteiger partial charge in [0.05, 0.1) is 12.2 Å². The van der Waals surface area contributed by atoms with Gasteiger partial charge in [0.2, 0.25) is 0 Å². The number of carbonyl (C=O) groups is 1. The minimum absolute atomic E-state index is 0.0762. The number of nitrogens with zero attached hydrogens (tertiary/aromatic N) is 6. The third-order valence-electron chi connectivity index (χ3n) is 5.62. The minimum Gasteiger partial charge on any atom is -0.361 e. The molecule has 0 radical (unpaired) electrons. The monoisotopic (exact) mass is 405 g/mol. The normalized spacial score (nSPS) is 15.2. The molecule has 0 bridgehead atoms. The number of aromatic amines is 1. The Morgan fingerprint density at radius 1 is 1.27 bits per heavy atom. The van der Waals surface area contributed by atoms with Gasteiger partial charge in [-0.3, -0.25) is 4.79 Å². The maximum Gasteiger partial charge on any atom is 0.280 e. The molecule has 0 aliphatic carbocycles. The summed E-state index contributed by atoms with van der Waals surface area (Å²) in [5, 5.41) is 13.4. The topological polar surface area (TPSA) is 106 Å². The lowest BCUT2D eigenvalue weighted by Gasteiger charge is -2.32. The van der Waals surface area contributed by atoms with Gasteiger partial charge in [-0.2, -0.15) is 4.98 Å². The number of amides is 1. The first-order valence-corrected chi connectivity index (χ1v) is 10.3. The first-order valence-electron chi connectivity index (χ1n) is 10.3. The average Bonchev–Trinajstić information content (AvgIpc) is 3.53. The molecule has 1 aliphatic rings. The van der Waals surface area contributed by atoms with Crippen molar-refractivity contribution < 1.29 is 9.32 Å². The van der Waals surface area contributed by atoms with Crippen LogP contribution in [0.1, 0.15) is 48.4 Å². The molecule has 0 spiro atoms. The first-order chi connectivity index (χ1) is 14.7. The summed E-state index contributed by atoms with van der Waals surface area (Å²) in [4.78, 5) is 22.5. The van der Waals surface area contributed by atoms with E-state index in [0.29, 0.717) is 30.5 Å². The SMILES string of the molecule is CCCc1noc(-c2cn(C3CCN(C(=O)c4cccc5[nH]ccc45)CC3)nn2)n1. The Bertz CT molecular complexity index is 1170. The van der Waals surface area contributed by atoms with E-state index in [1.165, 1.54) is 0 Å². The quantitative estimate of drug-likeness (QED) is 0.546. The van der Waals surface area contributed by atoms with Crippen molar-refractivity contribution in [2.24, 2.45) is 0 Å². The highest BCUT2D eigenvalue weighted by Crippen LogP contribution is 2.26. The van der Waals surface area contributed by atoms with Crippen LogP contribution in [0.2, 0.25) is 0 Å². The fourth-order valence-electron chi connectivity index (χ4n) is 4.01. The molecule has 1 amide bonds. The van der Waals surface area contributed by atoms with Crippen LogP contribution >= 0.6 is 0 Å². The van der Waals surface area contributed by atoms with Crippen molar-refractivity contribution in [3.05, 3.63) is 48.0 Å². The largest absolute Gasteiger partial charge is 0.361 e. The van der Waals surface area contributed by atoms with E-state index in [1.807, 2.05) is 46.2 Å². The molecular weight excluding hydrogens is 382 g/mol. The van der Waals surface area contributed by atoms with Crippen molar-refractivity contribution in [2.45, 2.75) is 38.6 Å². The number of fused-ring (bicyclic) bond motifs is 1. The molecule has 0 saturated carbocycles. The molecule has 4 aromatic rings. The van der Waals surface area contributed by atoms with Crippen LogP contribution in [0, 0.1) is 0 Å². The lowest BCUT2D eigenvalue weighted by molar-refractivity contribution is 0.0691. The zero-order chi connectivity index (χ0) is 20.5. The summed E-state index contributed by atoms with van der Waals surface area (Å²) in [6.45, 7) is 3.43. The molecule has 30 heavy (non-hydrogen) atoms. The van der Waals surface area contributed by atoms with Crippen molar-refractivity contribution in [3.8, 4) is 11.6 Å². The number of rotatable bonds is 5. The summed E-state index contributed by atoms with van der Waals surface area (Å²) in [6, 6.07) is 7.94. The molecule has 154 valence electrons. The van der Waals surface area contributed by atoms with Crippen LogP contribution in [-0.2, 0) is 6.42 Å². The third-order valence-corrected chi connectivity index (χ3v) is 5.62. The van der Waals surface area contributed by atoms with Crippen LogP contribution in [0.25, 0.3) is 22.5 Å². The van der Waals surface area contributed by atoms with E-state index in [-0.39, 0.29) is 11.9 Å². The first kappa shape index (κ1) is 18.5. The van der Waals surface area contributed by atoms with Crippen LogP contribution in [0.4, 0.5) is 0 Å². The number of hydrogen-bond donors (Lipinski definition) is 1. The van der Waals surface area contributed by atoms with E-state index < -0.39 is 0 Å². The molecular formula is C21H23N7O2. The molecule has 5 rings (SSSR count). The average molecular weight is 405 g/mol. The zero-order valence-electron chi connectivity index (χ0n) is 16.8. The molecule has 4 heterocycles. The van der Waals surface area contributed by atoms with E-state index >= 15 is 0 Å². The van der Waals surface area contributed by atoms with Crippen molar-refractivity contribution in [1.29, 1.82) is 0 Å². The maximum atomic E-state index is 13.0. The van der Waals surface area contributed by atoms with E-state index in [2.05, 4.69) is 32.4 Å². The van der Waals surface area contributed by atoms with Crippen LogP contribution < -0.4 is 0 Å². The Balaban J connectivity index is 1.25. The smallest absolute Gasteiger partial charge is 0.280 e. The minimum atomic E-state index is 0.0762. The van der Waals surface area contributed by atoms with E-state index in [0.717, 1.165) is 42.1 Å². The van der Waals surface area contributed by atoms with Gasteiger partial charge in [-0.05, 0) is 37.5 Å². The Morgan fingerprint density at radius 3 is 2.97 bits per heavy atom. The summed E-state index contributed by atoms with van der Waals surface area (Å²) >= 11 is 0. The van der Waals surface area contributed by atoms with Gasteiger partial charge in [-0.1, -0.05) is 23.4 Å². The Labute approximate surface area is 173 Å². The Kier molecular flexibility index (Phi) is 4.78. The molecule has 1 N–H and O–H groups in total. The predicted molar refractivity (Wildman–Crippen MR) is 110 cm³/mol. The van der Waals surface area contributed by atoms with Crippen molar-refractivity contribution >= 4 is 16.8 Å². The summed E-state index contributed by atoms with van der Waals surface area (Å²) in [5.41, 5.74) is 2.31. The Morgan fingerprint density at radius 2 is 2.13 bits per heavy atom. The number of carbonyl (C=O) groups excluding carboxylic acids is 1. The molecule has 1 aliphatic heterocycles. The third kappa shape index (κ3) is 3.36. The number of hydrogen-bond acceptors (Lipinski definition) is 6. The molecule has 0 unspecified atom stereocenters. The zero-order valence-corrected chi connectivity index (χ0v) is 16.8. The van der Waals surface area contributed by atoms with Crippen molar-refractivity contribution in [3.63, 3.8) is 0 Å². The number of aryl methyl sites for hydroxylation is 1. The number of piperidine rings is 1. The van der Waals surface area contributed by atoms with Gasteiger partial charge in [0.1, 0.15) is 0 Å². The summed E-state index contributed by atoms with van der Waals surface area (Å²) in [6.07, 6.45) is 7.10. The van der Waals surface area contributed by atoms with Gasteiger partial charge in [0.15, 0.2) is 11.5 Å². The van der Waals surface area contributed by atoms with Crippen molar-refractivity contribution in [1.82, 2.24) is 35.0 Å². The van der Waals surface area contributed by atoms with Crippen LogP contribution in [-0.4, -0.2) is 54.0 Å². The van der Waals surface area contributed by atoms with Crippen LogP contribution in [0.15, 0.2) is 41.2 Å². The van der Waals surface area contributed by atoms with Gasteiger partial charge in [-0.15, -0.1) is 5.10 Å². The summed E-state index contributed by atoms with van der Waals surface area (Å²) in [5.74, 6) is 1.16. The lowest BCUT2D eigenvalue weighted by Crippen LogP contribution is -2.39. The fraction of sp³-hybridized carbons (Fsp3) is 0.381. The Hall–Kier alpha value is -3.49. The molecule has 1 aromatic carbocycles. The van der Waals surface area contributed by atoms with Crippen molar-refractivity contribution in [2.75, 3.05) is 13.1 Å². The second-order valence-electron chi connectivity index (χ2n) is 7.62. The van der Waals surface area contributed by atoms with Gasteiger partial charge in [-0.25, -0.2) is 4.68 Å². The van der Waals surface area contributed by atoms with Gasteiger partial charge >= 0.3 is 0 Å². The highest BCUT2D eigenvalue weighted by Gasteiger charge is 2.27. The predicted octanol–water partition coefficient (Wildman–Crippen LogP) is 3.24. The van der Waals surface area contributed by atoms with Gasteiger partial charge < -0.3 is 14.4 Å². The summed E-state index contributed by atoms with van der Waals surface area (Å²) < 4.78 is 7.15. The molecule has 9 heteroatoms. The molecule has 3 aromatic heterocycles. The maximum absolute atomic E-state index is 13.0. The van der Waals surface area contributed by atoms with E-state index in [9.17, 15) is 4.79 Å². The number of H-pyrrole nitrogens is 1. The fourth-order valence-corrected chi connectivity index (χ4v) is 4.01. The standard InChI is InChI=1S/C21H23N7O2/c1-2-4-19-23-20(30-25-19)18-13-28(26-24-18)14-8-11-27(12-9-14)21(29)16-5-3-6-17-15(16)7-10-22-17/h3,5-7,10,13-14,22H,2,4,8-9,11-12H2,1H3. The number of aromatic nitrogens is 6.